The van der Waals surface area contributed by atoms with Crippen LogP contribution in [0.1, 0.15) is 21.6 Å². The van der Waals surface area contributed by atoms with Gasteiger partial charge in [0.05, 0.1) is 16.9 Å². The van der Waals surface area contributed by atoms with Crippen LogP contribution in [0, 0.1) is 13.8 Å². The molecule has 1 aromatic heterocycles. The summed E-state index contributed by atoms with van der Waals surface area (Å²) < 4.78 is 1.39. The predicted octanol–water partition coefficient (Wildman–Crippen LogP) is 4.75. The quantitative estimate of drug-likeness (QED) is 0.426. The summed E-state index contributed by atoms with van der Waals surface area (Å²) in [5, 5.41) is 31.8. The maximum absolute atomic E-state index is 12.9. The minimum atomic E-state index is -1.16. The van der Waals surface area contributed by atoms with Gasteiger partial charge in [0.2, 0.25) is 0 Å². The first kappa shape index (κ1) is 19.1. The summed E-state index contributed by atoms with van der Waals surface area (Å²) in [5.74, 6) is -1.49. The van der Waals surface area contributed by atoms with Gasteiger partial charge >= 0.3 is 5.97 Å². The third-order valence-electron chi connectivity index (χ3n) is 4.87. The third kappa shape index (κ3) is 3.14. The maximum Gasteiger partial charge on any atom is 0.336 e. The van der Waals surface area contributed by atoms with Crippen molar-refractivity contribution >= 4 is 28.1 Å². The number of rotatable bonds is 4. The van der Waals surface area contributed by atoms with E-state index in [1.807, 2.05) is 31.2 Å². The Kier molecular flexibility index (Phi) is 4.67. The van der Waals surface area contributed by atoms with Crippen LogP contribution in [0.15, 0.2) is 69.6 Å². The summed E-state index contributed by atoms with van der Waals surface area (Å²) >= 11 is 0. The average molecular weight is 402 g/mol. The van der Waals surface area contributed by atoms with Crippen molar-refractivity contribution in [2.24, 2.45) is 10.2 Å². The molecule has 0 fully saturated rings. The van der Waals surface area contributed by atoms with Crippen molar-refractivity contribution in [2.75, 3.05) is 0 Å². The fraction of sp³-hybridized carbons (Fsp3) is 0.0909. The summed E-state index contributed by atoms with van der Waals surface area (Å²) in [6.07, 6.45) is 0. The lowest BCUT2D eigenvalue weighted by Gasteiger charge is -2.07. The Morgan fingerprint density at radius 3 is 2.30 bits per heavy atom. The number of phenols is 1. The number of hydrogen-bond donors (Lipinski definition) is 3. The van der Waals surface area contributed by atoms with Crippen LogP contribution in [0.5, 0.6) is 5.75 Å². The van der Waals surface area contributed by atoms with Crippen LogP contribution >= 0.6 is 0 Å². The number of fused-ring (bicyclic) bond motifs is 1. The molecule has 30 heavy (non-hydrogen) atoms. The van der Waals surface area contributed by atoms with Crippen molar-refractivity contribution in [3.05, 3.63) is 81.8 Å². The summed E-state index contributed by atoms with van der Waals surface area (Å²) in [4.78, 5) is 24.4. The van der Waals surface area contributed by atoms with E-state index in [0.29, 0.717) is 22.2 Å². The molecule has 150 valence electrons. The van der Waals surface area contributed by atoms with Crippen LogP contribution in [0.4, 0.5) is 11.4 Å². The van der Waals surface area contributed by atoms with Crippen molar-refractivity contribution in [3.8, 4) is 11.4 Å². The van der Waals surface area contributed by atoms with Crippen LogP contribution in [-0.4, -0.2) is 26.0 Å². The number of nitrogens with zero attached hydrogens (tertiary/aromatic N) is 3. The predicted molar refractivity (Wildman–Crippen MR) is 113 cm³/mol. The van der Waals surface area contributed by atoms with E-state index in [9.17, 15) is 19.8 Å². The molecular weight excluding hydrogens is 384 g/mol. The lowest BCUT2D eigenvalue weighted by Crippen LogP contribution is -2.15. The highest BCUT2D eigenvalue weighted by atomic mass is 16.4. The number of aromatic amines is 1. The Hall–Kier alpha value is -4.20. The van der Waals surface area contributed by atoms with Gasteiger partial charge in [0.15, 0.2) is 5.69 Å². The molecule has 0 aliphatic rings. The molecule has 0 radical (unpaired) electrons. The number of aromatic nitrogens is 2. The van der Waals surface area contributed by atoms with E-state index in [2.05, 4.69) is 15.3 Å². The van der Waals surface area contributed by atoms with Gasteiger partial charge in [-0.3, -0.25) is 9.89 Å². The number of nitrogens with one attached hydrogen (secondary N) is 1. The Labute approximate surface area is 170 Å². The standard InChI is InChI=1S/C22H18N4O4/c1-12-7-3-6-10-17(12)26-21(28)19(13(2)25-26)23-24-20-15-9-5-4-8-14(15)16(22(29)30)11-18(20)27/h3-11,25,27H,1-2H3,(H,29,30). The van der Waals surface area contributed by atoms with Crippen LogP contribution in [0.2, 0.25) is 0 Å². The number of aryl methyl sites for hydroxylation is 2. The fourth-order valence-electron chi connectivity index (χ4n) is 3.37. The summed E-state index contributed by atoms with van der Waals surface area (Å²) in [5.41, 5.74) is 1.90. The first-order chi connectivity index (χ1) is 14.4. The highest BCUT2D eigenvalue weighted by Gasteiger charge is 2.17. The number of azo groups is 1. The van der Waals surface area contributed by atoms with Gasteiger partial charge in [-0.15, -0.1) is 10.2 Å². The zero-order valence-electron chi connectivity index (χ0n) is 16.2. The topological polar surface area (TPSA) is 120 Å². The normalized spacial score (nSPS) is 11.4. The van der Waals surface area contributed by atoms with Crippen LogP contribution in [0.3, 0.4) is 0 Å². The number of aromatic carboxylic acids is 1. The number of para-hydroxylation sites is 1. The number of carbonyl (C=O) groups is 1. The fourth-order valence-corrected chi connectivity index (χ4v) is 3.37. The van der Waals surface area contributed by atoms with Gasteiger partial charge < -0.3 is 10.2 Å². The summed E-state index contributed by atoms with van der Waals surface area (Å²) in [6.45, 7) is 3.60. The lowest BCUT2D eigenvalue weighted by atomic mass is 10.0. The largest absolute Gasteiger partial charge is 0.506 e. The molecular formula is C22H18N4O4. The molecule has 8 nitrogen and oxygen atoms in total. The van der Waals surface area contributed by atoms with E-state index in [1.54, 1.807) is 31.2 Å². The number of hydrogen-bond acceptors (Lipinski definition) is 5. The first-order valence-electron chi connectivity index (χ1n) is 9.16. The van der Waals surface area contributed by atoms with Crippen LogP contribution in [0.25, 0.3) is 16.5 Å². The molecule has 0 aliphatic carbocycles. The van der Waals surface area contributed by atoms with E-state index in [0.717, 1.165) is 11.6 Å². The molecule has 0 atom stereocenters. The number of carboxylic acid groups (broad SMARTS) is 1. The summed E-state index contributed by atoms with van der Waals surface area (Å²) in [7, 11) is 0. The number of benzene rings is 3. The molecule has 0 amide bonds. The molecule has 4 rings (SSSR count). The zero-order valence-corrected chi connectivity index (χ0v) is 16.2. The highest BCUT2D eigenvalue weighted by molar-refractivity contribution is 6.08. The highest BCUT2D eigenvalue weighted by Crippen LogP contribution is 2.38. The lowest BCUT2D eigenvalue weighted by molar-refractivity contribution is 0.0698. The van der Waals surface area contributed by atoms with Gasteiger partial charge in [0, 0.05) is 5.39 Å². The second-order valence-corrected chi connectivity index (χ2v) is 6.86. The summed E-state index contributed by atoms with van der Waals surface area (Å²) in [6, 6.07) is 15.2. The van der Waals surface area contributed by atoms with Crippen LogP contribution < -0.4 is 5.56 Å². The Bertz CT molecular complexity index is 1380. The molecule has 3 N–H and O–H groups in total. The van der Waals surface area contributed by atoms with Crippen molar-refractivity contribution in [2.45, 2.75) is 13.8 Å². The molecule has 0 saturated carbocycles. The number of aromatic hydroxyl groups is 1. The molecule has 0 spiro atoms. The van der Waals surface area contributed by atoms with Crippen molar-refractivity contribution < 1.29 is 15.0 Å². The van der Waals surface area contributed by atoms with E-state index in [1.165, 1.54) is 4.68 Å². The smallest absolute Gasteiger partial charge is 0.336 e. The molecule has 0 saturated heterocycles. The first-order valence-corrected chi connectivity index (χ1v) is 9.16. The molecule has 1 heterocycles. The molecule has 0 unspecified atom stereocenters. The second-order valence-electron chi connectivity index (χ2n) is 6.86. The zero-order chi connectivity index (χ0) is 21.4. The third-order valence-corrected chi connectivity index (χ3v) is 4.87. The van der Waals surface area contributed by atoms with E-state index in [-0.39, 0.29) is 28.2 Å². The molecule has 0 aliphatic heterocycles. The average Bonchev–Trinajstić information content (AvgIpc) is 3.00. The molecule has 4 aromatic rings. The maximum atomic E-state index is 12.9. The van der Waals surface area contributed by atoms with Gasteiger partial charge in [0.25, 0.3) is 5.56 Å². The molecule has 0 bridgehead atoms. The van der Waals surface area contributed by atoms with Gasteiger partial charge in [-0.05, 0) is 36.9 Å². The van der Waals surface area contributed by atoms with Crippen molar-refractivity contribution in [1.29, 1.82) is 0 Å². The van der Waals surface area contributed by atoms with Gasteiger partial charge in [0.1, 0.15) is 11.4 Å². The SMILES string of the molecule is Cc1ccccc1-n1[nH]c(C)c(N=Nc2c(O)cc(C(=O)O)c3ccccc23)c1=O. The van der Waals surface area contributed by atoms with Crippen molar-refractivity contribution in [1.82, 2.24) is 9.78 Å². The Balaban J connectivity index is 1.85. The van der Waals surface area contributed by atoms with Gasteiger partial charge in [-0.1, -0.05) is 42.5 Å². The Morgan fingerprint density at radius 2 is 1.60 bits per heavy atom. The second kappa shape index (κ2) is 7.32. The van der Waals surface area contributed by atoms with Gasteiger partial charge in [-0.2, -0.15) is 0 Å². The van der Waals surface area contributed by atoms with Crippen LogP contribution in [-0.2, 0) is 0 Å². The number of H-pyrrole nitrogens is 1. The van der Waals surface area contributed by atoms with Gasteiger partial charge in [-0.25, -0.2) is 9.48 Å². The molecule has 3 aromatic carbocycles. The minimum Gasteiger partial charge on any atom is -0.506 e. The van der Waals surface area contributed by atoms with Crippen molar-refractivity contribution in [3.63, 3.8) is 0 Å². The number of phenolic OH excluding ortho intramolecular Hbond substituents is 1. The molecule has 8 heteroatoms. The van der Waals surface area contributed by atoms with E-state index in [4.69, 9.17) is 0 Å². The Morgan fingerprint density at radius 1 is 0.967 bits per heavy atom. The minimum absolute atomic E-state index is 0.0400. The number of carboxylic acids is 1. The monoisotopic (exact) mass is 402 g/mol. The van der Waals surface area contributed by atoms with E-state index < -0.39 is 5.97 Å². The van der Waals surface area contributed by atoms with E-state index >= 15 is 0 Å².